The van der Waals surface area contributed by atoms with E-state index in [1.807, 2.05) is 0 Å². The van der Waals surface area contributed by atoms with Gasteiger partial charge in [-0.05, 0) is 48.6 Å². The maximum atomic E-state index is 12.0. The number of thiocarbonyl (C=S) groups is 1. The zero-order chi connectivity index (χ0) is 22.4. The summed E-state index contributed by atoms with van der Waals surface area (Å²) in [5, 5.41) is 15.8. The predicted octanol–water partition coefficient (Wildman–Crippen LogP) is 5.62. The van der Waals surface area contributed by atoms with Crippen molar-refractivity contribution in [2.75, 3.05) is 11.9 Å². The number of benzene rings is 2. The molecule has 1 amide bonds. The van der Waals surface area contributed by atoms with Crippen molar-refractivity contribution in [3.05, 3.63) is 61.5 Å². The van der Waals surface area contributed by atoms with Gasteiger partial charge in [-0.15, -0.1) is 10.2 Å². The number of anilines is 1. The molecule has 0 atom stereocenters. The highest BCUT2D eigenvalue weighted by Crippen LogP contribution is 2.29. The molecule has 0 fully saturated rings. The lowest BCUT2D eigenvalue weighted by molar-refractivity contribution is -0.121. The molecule has 0 aliphatic rings. The molecule has 0 bridgehead atoms. The van der Waals surface area contributed by atoms with Gasteiger partial charge in [0, 0.05) is 10.0 Å². The van der Waals surface area contributed by atoms with Crippen LogP contribution in [0.5, 0.6) is 11.5 Å². The van der Waals surface area contributed by atoms with Crippen LogP contribution in [-0.4, -0.2) is 27.8 Å². The summed E-state index contributed by atoms with van der Waals surface area (Å²) < 4.78 is 11.0. The number of rotatable bonds is 7. The van der Waals surface area contributed by atoms with E-state index in [1.165, 1.54) is 17.4 Å². The number of carbonyl (C=O) groups excluding carboxylic acids is 1. The van der Waals surface area contributed by atoms with Gasteiger partial charge >= 0.3 is 0 Å². The predicted molar refractivity (Wildman–Crippen MR) is 127 cm³/mol. The second-order valence-electron chi connectivity index (χ2n) is 5.73. The van der Waals surface area contributed by atoms with Crippen LogP contribution in [0.4, 0.5) is 5.13 Å². The zero-order valence-corrected chi connectivity index (χ0v) is 20.0. The summed E-state index contributed by atoms with van der Waals surface area (Å²) in [5.41, 5.74) is 0. The Morgan fingerprint density at radius 1 is 0.968 bits per heavy atom. The summed E-state index contributed by atoms with van der Waals surface area (Å²) in [6.07, 6.45) is 0. The molecule has 0 aliphatic carbocycles. The lowest BCUT2D eigenvalue weighted by atomic mass is 10.3. The van der Waals surface area contributed by atoms with Crippen molar-refractivity contribution in [1.82, 2.24) is 15.5 Å². The molecule has 0 saturated carbocycles. The standard InChI is InChI=1S/C18H12Cl4N4O3S2/c19-9-1-3-13(11(21)5-9)28-7-15(27)23-17(30)24-18-26-25-16(31-18)8-29-14-4-2-10(20)6-12(14)22/h1-6H,7-8H2,(H2,23,24,26,27,30). The van der Waals surface area contributed by atoms with Crippen molar-refractivity contribution in [3.8, 4) is 11.5 Å². The molecule has 7 nitrogen and oxygen atoms in total. The minimum absolute atomic E-state index is 0.0418. The molecule has 1 aromatic heterocycles. The van der Waals surface area contributed by atoms with E-state index in [2.05, 4.69) is 20.8 Å². The fraction of sp³-hybridized carbons (Fsp3) is 0.111. The maximum absolute atomic E-state index is 12.0. The van der Waals surface area contributed by atoms with Crippen LogP contribution in [0, 0.1) is 0 Å². The Morgan fingerprint density at radius 3 is 2.19 bits per heavy atom. The second kappa shape index (κ2) is 11.1. The maximum Gasteiger partial charge on any atom is 0.264 e. The normalized spacial score (nSPS) is 10.5. The number of ether oxygens (including phenoxy) is 2. The van der Waals surface area contributed by atoms with E-state index < -0.39 is 5.91 Å². The van der Waals surface area contributed by atoms with Crippen molar-refractivity contribution >= 4 is 86.1 Å². The van der Waals surface area contributed by atoms with Crippen LogP contribution < -0.4 is 20.1 Å². The number of nitrogens with one attached hydrogen (secondary N) is 2. The van der Waals surface area contributed by atoms with Gasteiger partial charge in [-0.25, -0.2) is 0 Å². The number of hydrogen-bond acceptors (Lipinski definition) is 7. The molecule has 13 heteroatoms. The second-order valence-corrected chi connectivity index (χ2v) is 8.89. The van der Waals surface area contributed by atoms with Crippen molar-refractivity contribution < 1.29 is 14.3 Å². The van der Waals surface area contributed by atoms with Gasteiger partial charge in [-0.3, -0.25) is 10.1 Å². The van der Waals surface area contributed by atoms with Gasteiger partial charge in [-0.2, -0.15) is 0 Å². The lowest BCUT2D eigenvalue weighted by Crippen LogP contribution is -2.37. The molecule has 0 aliphatic heterocycles. The van der Waals surface area contributed by atoms with E-state index in [-0.39, 0.29) is 18.3 Å². The number of aromatic nitrogens is 2. The Labute approximate surface area is 206 Å². The number of halogens is 4. The molecular formula is C18H12Cl4N4O3S2. The molecular weight excluding hydrogens is 526 g/mol. The monoisotopic (exact) mass is 536 g/mol. The molecule has 0 unspecified atom stereocenters. The Bertz CT molecular complexity index is 1110. The van der Waals surface area contributed by atoms with Crippen molar-refractivity contribution in [2.45, 2.75) is 6.61 Å². The van der Waals surface area contributed by atoms with Crippen LogP contribution in [-0.2, 0) is 11.4 Å². The van der Waals surface area contributed by atoms with Crippen LogP contribution in [0.2, 0.25) is 20.1 Å². The fourth-order valence-corrected chi connectivity index (χ4v) is 3.98. The summed E-state index contributed by atoms with van der Waals surface area (Å²) in [6, 6.07) is 9.59. The largest absolute Gasteiger partial charge is 0.485 e. The highest BCUT2D eigenvalue weighted by atomic mass is 35.5. The third-order valence-corrected chi connectivity index (χ3v) is 5.52. The van der Waals surface area contributed by atoms with Gasteiger partial charge in [0.25, 0.3) is 5.91 Å². The van der Waals surface area contributed by atoms with Gasteiger partial charge in [-0.1, -0.05) is 57.7 Å². The number of carbonyl (C=O) groups is 1. The van der Waals surface area contributed by atoms with E-state index in [0.717, 1.165) is 0 Å². The highest BCUT2D eigenvalue weighted by Gasteiger charge is 2.11. The highest BCUT2D eigenvalue weighted by molar-refractivity contribution is 7.80. The van der Waals surface area contributed by atoms with Gasteiger partial charge in [0.2, 0.25) is 5.13 Å². The van der Waals surface area contributed by atoms with Gasteiger partial charge in [0.15, 0.2) is 16.7 Å². The van der Waals surface area contributed by atoms with Gasteiger partial charge in [0.1, 0.15) is 18.1 Å². The number of amides is 1. The number of hydrogen-bond donors (Lipinski definition) is 2. The minimum Gasteiger partial charge on any atom is -0.485 e. The molecule has 3 rings (SSSR count). The molecule has 3 aromatic rings. The molecule has 2 aromatic carbocycles. The summed E-state index contributed by atoms with van der Waals surface area (Å²) in [5.74, 6) is 0.322. The van der Waals surface area contributed by atoms with E-state index >= 15 is 0 Å². The first kappa shape index (κ1) is 23.8. The molecule has 0 spiro atoms. The topological polar surface area (TPSA) is 85.4 Å². The van der Waals surface area contributed by atoms with Crippen molar-refractivity contribution in [2.24, 2.45) is 0 Å². The van der Waals surface area contributed by atoms with E-state index in [1.54, 1.807) is 30.3 Å². The summed E-state index contributed by atoms with van der Waals surface area (Å²) in [7, 11) is 0. The first-order chi connectivity index (χ1) is 14.8. The quantitative estimate of drug-likeness (QED) is 0.378. The Kier molecular flexibility index (Phi) is 8.53. The average molecular weight is 538 g/mol. The zero-order valence-electron chi connectivity index (χ0n) is 15.3. The van der Waals surface area contributed by atoms with Crippen LogP contribution in [0.1, 0.15) is 5.01 Å². The Hall–Kier alpha value is -1.88. The smallest absolute Gasteiger partial charge is 0.264 e. The SMILES string of the molecule is O=C(COc1ccc(Cl)cc1Cl)NC(=S)Nc1nnc(COc2ccc(Cl)cc2Cl)s1. The Morgan fingerprint density at radius 2 is 1.58 bits per heavy atom. The van der Waals surface area contributed by atoms with Crippen LogP contribution in [0.15, 0.2) is 36.4 Å². The minimum atomic E-state index is -0.478. The van der Waals surface area contributed by atoms with E-state index in [0.29, 0.717) is 41.7 Å². The average Bonchev–Trinajstić information content (AvgIpc) is 3.13. The van der Waals surface area contributed by atoms with Crippen molar-refractivity contribution in [3.63, 3.8) is 0 Å². The number of nitrogens with zero attached hydrogens (tertiary/aromatic N) is 2. The molecule has 162 valence electrons. The molecule has 0 radical (unpaired) electrons. The molecule has 2 N–H and O–H groups in total. The van der Waals surface area contributed by atoms with E-state index in [9.17, 15) is 4.79 Å². The third-order valence-electron chi connectivity index (χ3n) is 3.44. The molecule has 1 heterocycles. The third kappa shape index (κ3) is 7.34. The van der Waals surface area contributed by atoms with Crippen molar-refractivity contribution in [1.29, 1.82) is 0 Å². The summed E-state index contributed by atoms with van der Waals surface area (Å²) >= 11 is 30.0. The first-order valence-corrected chi connectivity index (χ1v) is 11.1. The first-order valence-electron chi connectivity index (χ1n) is 8.39. The molecule has 0 saturated heterocycles. The van der Waals surface area contributed by atoms with Crippen LogP contribution in [0.25, 0.3) is 0 Å². The molecule has 31 heavy (non-hydrogen) atoms. The lowest BCUT2D eigenvalue weighted by Gasteiger charge is -2.09. The Balaban J connectivity index is 1.45. The summed E-state index contributed by atoms with van der Waals surface area (Å²) in [6.45, 7) is -0.143. The van der Waals surface area contributed by atoms with Crippen LogP contribution >= 0.6 is 70.0 Å². The summed E-state index contributed by atoms with van der Waals surface area (Å²) in [4.78, 5) is 12.0. The van der Waals surface area contributed by atoms with Gasteiger partial charge in [0.05, 0.1) is 10.0 Å². The van der Waals surface area contributed by atoms with Crippen LogP contribution in [0.3, 0.4) is 0 Å². The van der Waals surface area contributed by atoms with E-state index in [4.69, 9.17) is 68.1 Å². The van der Waals surface area contributed by atoms with Gasteiger partial charge < -0.3 is 14.8 Å². The fourth-order valence-electron chi connectivity index (χ4n) is 2.12.